The maximum absolute atomic E-state index is 12.2. The van der Waals surface area contributed by atoms with Gasteiger partial charge in [-0.1, -0.05) is 18.2 Å². The van der Waals surface area contributed by atoms with Crippen molar-refractivity contribution in [2.75, 3.05) is 13.2 Å². The van der Waals surface area contributed by atoms with E-state index in [0.29, 0.717) is 23.3 Å². The molecule has 1 aromatic carbocycles. The highest BCUT2D eigenvalue weighted by Gasteiger charge is 2.34. The van der Waals surface area contributed by atoms with E-state index in [9.17, 15) is 13.2 Å². The summed E-state index contributed by atoms with van der Waals surface area (Å²) in [5.41, 5.74) is 0.714. The lowest BCUT2D eigenvalue weighted by atomic mass is 10.1. The number of rotatable bonds is 5. The van der Waals surface area contributed by atoms with Crippen molar-refractivity contribution in [3.8, 4) is 0 Å². The molecule has 1 saturated heterocycles. The lowest BCUT2D eigenvalue weighted by Gasteiger charge is -2.26. The van der Waals surface area contributed by atoms with Gasteiger partial charge in [-0.3, -0.25) is 0 Å². The Hall–Kier alpha value is -1.20. The van der Waals surface area contributed by atoms with Crippen molar-refractivity contribution in [1.29, 1.82) is 0 Å². The molecule has 0 N–H and O–H groups in total. The molecule has 1 heterocycles. The Labute approximate surface area is 101 Å². The van der Waals surface area contributed by atoms with Crippen LogP contribution >= 0.6 is 0 Å². The molecule has 1 fully saturated rings. The maximum atomic E-state index is 12.2. The van der Waals surface area contributed by atoms with Gasteiger partial charge in [-0.25, -0.2) is 8.42 Å². The summed E-state index contributed by atoms with van der Waals surface area (Å²) in [4.78, 5) is 10.7. The molecule has 92 valence electrons. The summed E-state index contributed by atoms with van der Waals surface area (Å²) in [5.74, 6) is 0. The number of aldehydes is 1. The first-order valence-electron chi connectivity index (χ1n) is 5.49. The van der Waals surface area contributed by atoms with Crippen molar-refractivity contribution < 1.29 is 17.9 Å². The summed E-state index contributed by atoms with van der Waals surface area (Å²) in [6.45, 7) is 0.536. The van der Waals surface area contributed by atoms with E-state index in [-0.39, 0.29) is 13.2 Å². The molecule has 0 atom stereocenters. The van der Waals surface area contributed by atoms with Crippen LogP contribution < -0.4 is 0 Å². The Morgan fingerprint density at radius 2 is 2.00 bits per heavy atom. The lowest BCUT2D eigenvalue weighted by molar-refractivity contribution is -0.107. The molecule has 0 amide bonds. The Morgan fingerprint density at radius 3 is 2.59 bits per heavy atom. The van der Waals surface area contributed by atoms with Crippen LogP contribution in [0.15, 0.2) is 29.2 Å². The molecule has 1 aliphatic heterocycles. The van der Waals surface area contributed by atoms with E-state index in [1.165, 1.54) is 0 Å². The predicted octanol–water partition coefficient (Wildman–Crippen LogP) is 0.991. The fourth-order valence-corrected chi connectivity index (χ4v) is 3.49. The van der Waals surface area contributed by atoms with E-state index >= 15 is 0 Å². The van der Waals surface area contributed by atoms with Gasteiger partial charge < -0.3 is 9.53 Å². The Balaban J connectivity index is 2.33. The van der Waals surface area contributed by atoms with Crippen LogP contribution in [0.4, 0.5) is 0 Å². The molecule has 0 bridgehead atoms. The van der Waals surface area contributed by atoms with Gasteiger partial charge in [-0.2, -0.15) is 0 Å². The van der Waals surface area contributed by atoms with Crippen molar-refractivity contribution in [2.45, 2.75) is 23.0 Å². The Morgan fingerprint density at radius 1 is 1.29 bits per heavy atom. The molecule has 0 aliphatic carbocycles. The van der Waals surface area contributed by atoms with Crippen LogP contribution in [-0.4, -0.2) is 33.2 Å². The smallest absolute Gasteiger partial charge is 0.186 e. The second-order valence-electron chi connectivity index (χ2n) is 4.02. The zero-order chi connectivity index (χ0) is 12.3. The average molecular weight is 254 g/mol. The van der Waals surface area contributed by atoms with Crippen molar-refractivity contribution >= 4 is 16.1 Å². The van der Waals surface area contributed by atoms with Crippen LogP contribution in [0.3, 0.4) is 0 Å². The molecule has 4 nitrogen and oxygen atoms in total. The number of aryl methyl sites for hydroxylation is 1. The van der Waals surface area contributed by atoms with Gasteiger partial charge in [0.1, 0.15) is 11.5 Å². The number of hydrogen-bond donors (Lipinski definition) is 0. The molecular weight excluding hydrogens is 240 g/mol. The quantitative estimate of drug-likeness (QED) is 0.735. The average Bonchev–Trinajstić information content (AvgIpc) is 2.23. The van der Waals surface area contributed by atoms with Crippen molar-refractivity contribution in [1.82, 2.24) is 0 Å². The molecule has 2 rings (SSSR count). The standard InChI is InChI=1S/C12H14O4S/c13-7-3-5-10-4-1-2-6-12(10)17(14,15)11-8-16-9-11/h1-2,4,6-7,11H,3,5,8-9H2. The van der Waals surface area contributed by atoms with Gasteiger partial charge in [-0.15, -0.1) is 0 Å². The molecular formula is C12H14O4S. The second-order valence-corrected chi connectivity index (χ2v) is 6.21. The minimum Gasteiger partial charge on any atom is -0.379 e. The molecule has 1 aromatic rings. The summed E-state index contributed by atoms with van der Waals surface area (Å²) < 4.78 is 29.4. The van der Waals surface area contributed by atoms with Crippen LogP contribution in [0.5, 0.6) is 0 Å². The number of hydrogen-bond acceptors (Lipinski definition) is 4. The zero-order valence-corrected chi connectivity index (χ0v) is 10.2. The largest absolute Gasteiger partial charge is 0.379 e. The third kappa shape index (κ3) is 2.40. The van der Waals surface area contributed by atoms with Crippen LogP contribution in [0.25, 0.3) is 0 Å². The van der Waals surface area contributed by atoms with Crippen molar-refractivity contribution in [3.63, 3.8) is 0 Å². The van der Waals surface area contributed by atoms with E-state index in [4.69, 9.17) is 4.74 Å². The fourth-order valence-electron chi connectivity index (χ4n) is 1.78. The minimum atomic E-state index is -3.30. The number of carbonyl (C=O) groups is 1. The van der Waals surface area contributed by atoms with E-state index in [0.717, 1.165) is 6.29 Å². The molecule has 0 spiro atoms. The van der Waals surface area contributed by atoms with Gasteiger partial charge in [0.15, 0.2) is 9.84 Å². The molecule has 0 unspecified atom stereocenters. The van der Waals surface area contributed by atoms with Gasteiger partial charge in [0.25, 0.3) is 0 Å². The molecule has 1 aliphatic rings. The number of sulfone groups is 1. The van der Waals surface area contributed by atoms with Crippen molar-refractivity contribution in [2.24, 2.45) is 0 Å². The molecule has 17 heavy (non-hydrogen) atoms. The van der Waals surface area contributed by atoms with Crippen LogP contribution in [0.1, 0.15) is 12.0 Å². The van der Waals surface area contributed by atoms with Gasteiger partial charge >= 0.3 is 0 Å². The van der Waals surface area contributed by atoms with E-state index in [1.807, 2.05) is 0 Å². The van der Waals surface area contributed by atoms with Crippen LogP contribution in [0.2, 0.25) is 0 Å². The van der Waals surface area contributed by atoms with E-state index in [1.54, 1.807) is 24.3 Å². The highest BCUT2D eigenvalue weighted by molar-refractivity contribution is 7.92. The number of ether oxygens (including phenoxy) is 1. The van der Waals surface area contributed by atoms with Crippen LogP contribution in [0, 0.1) is 0 Å². The number of carbonyl (C=O) groups excluding carboxylic acids is 1. The van der Waals surface area contributed by atoms with E-state index in [2.05, 4.69) is 0 Å². The van der Waals surface area contributed by atoms with Gasteiger partial charge in [0, 0.05) is 6.42 Å². The first kappa shape index (κ1) is 12.3. The molecule has 0 radical (unpaired) electrons. The summed E-state index contributed by atoms with van der Waals surface area (Å²) in [5, 5.41) is -0.431. The molecule has 0 saturated carbocycles. The van der Waals surface area contributed by atoms with Gasteiger partial charge in [-0.05, 0) is 18.1 Å². The van der Waals surface area contributed by atoms with Crippen LogP contribution in [-0.2, 0) is 25.8 Å². The lowest BCUT2D eigenvalue weighted by Crippen LogP contribution is -2.40. The summed E-state index contributed by atoms with van der Waals surface area (Å²) >= 11 is 0. The fraction of sp³-hybridized carbons (Fsp3) is 0.417. The topological polar surface area (TPSA) is 60.4 Å². The van der Waals surface area contributed by atoms with Gasteiger partial charge in [0.05, 0.1) is 18.1 Å². The Kier molecular flexibility index (Phi) is 3.59. The monoisotopic (exact) mass is 254 g/mol. The maximum Gasteiger partial charge on any atom is 0.186 e. The van der Waals surface area contributed by atoms with Crippen molar-refractivity contribution in [3.05, 3.63) is 29.8 Å². The zero-order valence-electron chi connectivity index (χ0n) is 9.33. The highest BCUT2D eigenvalue weighted by atomic mass is 32.2. The molecule has 0 aromatic heterocycles. The van der Waals surface area contributed by atoms with E-state index < -0.39 is 15.1 Å². The minimum absolute atomic E-state index is 0.268. The first-order chi connectivity index (χ1) is 8.16. The summed E-state index contributed by atoms with van der Waals surface area (Å²) in [6.07, 6.45) is 1.61. The normalized spacial score (nSPS) is 16.5. The second kappa shape index (κ2) is 4.98. The molecule has 5 heteroatoms. The Bertz CT molecular complexity index is 503. The summed E-state index contributed by atoms with van der Waals surface area (Å²) in [7, 11) is -3.30. The van der Waals surface area contributed by atoms with Gasteiger partial charge in [0.2, 0.25) is 0 Å². The predicted molar refractivity (Wildman–Crippen MR) is 62.6 cm³/mol. The summed E-state index contributed by atoms with van der Waals surface area (Å²) in [6, 6.07) is 6.86. The first-order valence-corrected chi connectivity index (χ1v) is 7.04. The third-order valence-corrected chi connectivity index (χ3v) is 5.02. The number of benzene rings is 1. The SMILES string of the molecule is O=CCCc1ccccc1S(=O)(=O)C1COC1. The third-order valence-electron chi connectivity index (χ3n) is 2.86. The highest BCUT2D eigenvalue weighted by Crippen LogP contribution is 2.25.